The lowest BCUT2D eigenvalue weighted by Gasteiger charge is -2.05. The van der Waals surface area contributed by atoms with Crippen LogP contribution in [0.15, 0.2) is 29.2 Å². The van der Waals surface area contributed by atoms with E-state index >= 15 is 0 Å². The smallest absolute Gasteiger partial charge is 0.315 e. The number of thioether (sulfide) groups is 1. The number of benzene rings is 1. The molecule has 1 rings (SSSR count). The van der Waals surface area contributed by atoms with Crippen molar-refractivity contribution in [3.05, 3.63) is 29.8 Å². The van der Waals surface area contributed by atoms with Gasteiger partial charge < -0.3 is 10.1 Å². The molecule has 17 heavy (non-hydrogen) atoms. The number of methoxy groups -OCH3 is 1. The Hall–Kier alpha value is -1.00. The molecule has 0 amide bonds. The fourth-order valence-corrected chi connectivity index (χ4v) is 2.05. The van der Waals surface area contributed by atoms with E-state index in [9.17, 15) is 4.79 Å². The molecule has 0 aliphatic heterocycles. The zero-order valence-electron chi connectivity index (χ0n) is 10.4. The van der Waals surface area contributed by atoms with Crippen molar-refractivity contribution < 1.29 is 9.53 Å². The summed E-state index contributed by atoms with van der Waals surface area (Å²) in [7, 11) is 1.41. The summed E-state index contributed by atoms with van der Waals surface area (Å²) < 4.78 is 4.59. The van der Waals surface area contributed by atoms with Crippen LogP contribution in [0.25, 0.3) is 0 Å². The monoisotopic (exact) mass is 253 g/mol. The van der Waals surface area contributed by atoms with Crippen LogP contribution in [0.3, 0.4) is 0 Å². The molecule has 1 aromatic rings. The third-order valence-corrected chi connectivity index (χ3v) is 3.25. The van der Waals surface area contributed by atoms with Gasteiger partial charge in [-0.3, -0.25) is 4.79 Å². The highest BCUT2D eigenvalue weighted by Crippen LogP contribution is 2.18. The number of ether oxygens (including phenoxy) is 1. The first-order valence-corrected chi connectivity index (χ1v) is 6.74. The van der Waals surface area contributed by atoms with Crippen LogP contribution in [0.4, 0.5) is 0 Å². The molecule has 3 nitrogen and oxygen atoms in total. The van der Waals surface area contributed by atoms with E-state index < -0.39 is 0 Å². The van der Waals surface area contributed by atoms with Crippen LogP contribution >= 0.6 is 11.8 Å². The Morgan fingerprint density at radius 3 is 2.65 bits per heavy atom. The lowest BCUT2D eigenvalue weighted by molar-refractivity contribution is -0.137. The largest absolute Gasteiger partial charge is 0.468 e. The molecule has 0 fully saturated rings. The first-order chi connectivity index (χ1) is 8.26. The Labute approximate surface area is 107 Å². The Morgan fingerprint density at radius 1 is 1.35 bits per heavy atom. The number of carbonyl (C=O) groups excluding carboxylic acids is 1. The summed E-state index contributed by atoms with van der Waals surface area (Å²) in [6, 6.07) is 8.25. The average Bonchev–Trinajstić information content (AvgIpc) is 2.37. The molecule has 0 heterocycles. The molecular formula is C13H19NO2S. The van der Waals surface area contributed by atoms with E-state index in [1.165, 1.54) is 24.4 Å². The number of rotatable bonds is 7. The van der Waals surface area contributed by atoms with Gasteiger partial charge in [0.15, 0.2) is 0 Å². The first kappa shape index (κ1) is 14.1. The van der Waals surface area contributed by atoms with Crippen LogP contribution < -0.4 is 5.32 Å². The summed E-state index contributed by atoms with van der Waals surface area (Å²) in [6.07, 6.45) is 1.15. The molecule has 4 heteroatoms. The van der Waals surface area contributed by atoms with Gasteiger partial charge in [-0.15, -0.1) is 11.8 Å². The zero-order valence-corrected chi connectivity index (χ0v) is 11.2. The quantitative estimate of drug-likeness (QED) is 0.460. The topological polar surface area (TPSA) is 38.3 Å². The summed E-state index contributed by atoms with van der Waals surface area (Å²) in [6.45, 7) is 4.09. The normalized spacial score (nSPS) is 10.2. The van der Waals surface area contributed by atoms with Crippen molar-refractivity contribution in [3.8, 4) is 0 Å². The van der Waals surface area contributed by atoms with Crippen molar-refractivity contribution in [3.63, 3.8) is 0 Å². The van der Waals surface area contributed by atoms with E-state index in [1.807, 2.05) is 12.1 Å². The SMILES string of the molecule is CCCNCc1ccc(SCC(=O)OC)cc1. The maximum atomic E-state index is 11.0. The summed E-state index contributed by atoms with van der Waals surface area (Å²) in [5.41, 5.74) is 1.26. The van der Waals surface area contributed by atoms with Crippen molar-refractivity contribution >= 4 is 17.7 Å². The van der Waals surface area contributed by atoms with Gasteiger partial charge in [0.2, 0.25) is 0 Å². The molecule has 0 bridgehead atoms. The Morgan fingerprint density at radius 2 is 2.06 bits per heavy atom. The van der Waals surface area contributed by atoms with Gasteiger partial charge in [0.25, 0.3) is 0 Å². The van der Waals surface area contributed by atoms with Crippen molar-refractivity contribution in [2.75, 3.05) is 19.4 Å². The molecule has 0 aliphatic rings. The Kier molecular flexibility index (Phi) is 6.74. The van der Waals surface area contributed by atoms with Gasteiger partial charge in [-0.25, -0.2) is 0 Å². The number of hydrogen-bond acceptors (Lipinski definition) is 4. The summed E-state index contributed by atoms with van der Waals surface area (Å²) in [4.78, 5) is 12.1. The minimum absolute atomic E-state index is 0.191. The van der Waals surface area contributed by atoms with E-state index in [0.717, 1.165) is 24.4 Å². The predicted octanol–water partition coefficient (Wildman–Crippen LogP) is 2.45. The first-order valence-electron chi connectivity index (χ1n) is 5.75. The number of esters is 1. The predicted molar refractivity (Wildman–Crippen MR) is 71.2 cm³/mol. The van der Waals surface area contributed by atoms with Gasteiger partial charge in [-0.05, 0) is 30.7 Å². The number of carbonyl (C=O) groups is 1. The molecular weight excluding hydrogens is 234 g/mol. The standard InChI is InChI=1S/C13H19NO2S/c1-3-8-14-9-11-4-6-12(7-5-11)17-10-13(15)16-2/h4-7,14H,3,8-10H2,1-2H3. The van der Waals surface area contributed by atoms with Crippen molar-refractivity contribution in [1.82, 2.24) is 5.32 Å². The van der Waals surface area contributed by atoms with Crippen LogP contribution in [0, 0.1) is 0 Å². The molecule has 0 saturated heterocycles. The van der Waals surface area contributed by atoms with Gasteiger partial charge in [-0.2, -0.15) is 0 Å². The van der Waals surface area contributed by atoms with Gasteiger partial charge in [0, 0.05) is 11.4 Å². The van der Waals surface area contributed by atoms with E-state index in [-0.39, 0.29) is 5.97 Å². The minimum Gasteiger partial charge on any atom is -0.468 e. The lowest BCUT2D eigenvalue weighted by Crippen LogP contribution is -2.13. The van der Waals surface area contributed by atoms with Crippen LogP contribution in [-0.2, 0) is 16.1 Å². The number of nitrogens with one attached hydrogen (secondary N) is 1. The van der Waals surface area contributed by atoms with Gasteiger partial charge in [0.1, 0.15) is 0 Å². The second-order valence-electron chi connectivity index (χ2n) is 3.69. The number of hydrogen-bond donors (Lipinski definition) is 1. The van der Waals surface area contributed by atoms with Crippen LogP contribution in [0.1, 0.15) is 18.9 Å². The molecule has 0 unspecified atom stereocenters. The minimum atomic E-state index is -0.191. The summed E-state index contributed by atoms with van der Waals surface area (Å²) >= 11 is 1.50. The van der Waals surface area contributed by atoms with Crippen molar-refractivity contribution in [2.24, 2.45) is 0 Å². The molecule has 0 saturated carbocycles. The highest BCUT2D eigenvalue weighted by molar-refractivity contribution is 8.00. The maximum absolute atomic E-state index is 11.0. The fourth-order valence-electron chi connectivity index (χ4n) is 1.31. The molecule has 0 radical (unpaired) electrons. The molecule has 0 aliphatic carbocycles. The fraction of sp³-hybridized carbons (Fsp3) is 0.462. The van der Waals surface area contributed by atoms with Crippen LogP contribution in [0.5, 0.6) is 0 Å². The second kappa shape index (κ2) is 8.14. The highest BCUT2D eigenvalue weighted by atomic mass is 32.2. The van der Waals surface area contributed by atoms with Gasteiger partial charge >= 0.3 is 5.97 Å². The molecule has 0 aromatic heterocycles. The third kappa shape index (κ3) is 5.75. The molecule has 94 valence electrons. The van der Waals surface area contributed by atoms with Crippen molar-refractivity contribution in [2.45, 2.75) is 24.8 Å². The molecule has 1 aromatic carbocycles. The summed E-state index contributed by atoms with van der Waals surface area (Å²) in [5, 5.41) is 3.35. The van der Waals surface area contributed by atoms with Crippen LogP contribution in [-0.4, -0.2) is 25.4 Å². The van der Waals surface area contributed by atoms with Crippen LogP contribution in [0.2, 0.25) is 0 Å². The zero-order chi connectivity index (χ0) is 12.5. The average molecular weight is 253 g/mol. The molecule has 0 spiro atoms. The maximum Gasteiger partial charge on any atom is 0.315 e. The molecule has 1 N–H and O–H groups in total. The second-order valence-corrected chi connectivity index (χ2v) is 4.73. The van der Waals surface area contributed by atoms with Gasteiger partial charge in [-0.1, -0.05) is 19.1 Å². The van der Waals surface area contributed by atoms with Crippen molar-refractivity contribution in [1.29, 1.82) is 0 Å². The third-order valence-electron chi connectivity index (χ3n) is 2.26. The Bertz CT molecular complexity index is 338. The summed E-state index contributed by atoms with van der Waals surface area (Å²) in [5.74, 6) is 0.174. The van der Waals surface area contributed by atoms with E-state index in [1.54, 1.807) is 0 Å². The van der Waals surface area contributed by atoms with Gasteiger partial charge in [0.05, 0.1) is 12.9 Å². The Balaban J connectivity index is 2.36. The highest BCUT2D eigenvalue weighted by Gasteiger charge is 2.01. The van der Waals surface area contributed by atoms with E-state index in [0.29, 0.717) is 5.75 Å². The molecule has 0 atom stereocenters. The lowest BCUT2D eigenvalue weighted by atomic mass is 10.2. The van der Waals surface area contributed by atoms with E-state index in [2.05, 4.69) is 29.1 Å². The van der Waals surface area contributed by atoms with E-state index in [4.69, 9.17) is 0 Å².